The zero-order chi connectivity index (χ0) is 13.3. The summed E-state index contributed by atoms with van der Waals surface area (Å²) in [6, 6.07) is 6.50. The average molecular weight is 243 g/mol. The van der Waals surface area contributed by atoms with Crippen molar-refractivity contribution in [2.45, 2.75) is 27.2 Å². The smallest absolute Gasteiger partial charge is 0.106 e. The molecule has 3 nitrogen and oxygen atoms in total. The Labute approximate surface area is 109 Å². The third kappa shape index (κ3) is 2.18. The average Bonchev–Trinajstić information content (AvgIpc) is 2.58. The van der Waals surface area contributed by atoms with E-state index in [1.165, 1.54) is 22.4 Å². The fraction of sp³-hybridized carbons (Fsp3) is 0.400. The largest absolute Gasteiger partial charge is 0.335 e. The number of nitrogens with two attached hydrogens (primary N) is 1. The third-order valence-electron chi connectivity index (χ3n) is 3.46. The van der Waals surface area contributed by atoms with Crippen LogP contribution in [0, 0.1) is 20.8 Å². The van der Waals surface area contributed by atoms with E-state index in [0.717, 1.165) is 17.9 Å². The second kappa shape index (κ2) is 4.94. The quantitative estimate of drug-likeness (QED) is 0.900. The molecule has 0 aliphatic rings. The van der Waals surface area contributed by atoms with E-state index in [2.05, 4.69) is 43.7 Å². The molecule has 0 atom stereocenters. The highest BCUT2D eigenvalue weighted by atomic mass is 15.1. The molecule has 3 heteroatoms. The molecule has 0 fully saturated rings. The van der Waals surface area contributed by atoms with E-state index in [4.69, 9.17) is 10.7 Å². The summed E-state index contributed by atoms with van der Waals surface area (Å²) >= 11 is 0. The SMILES string of the molecule is Cc1ccc(-c2nc(C)n(C)c2CCN)c(C)c1. The number of aromatic nitrogens is 2. The summed E-state index contributed by atoms with van der Waals surface area (Å²) < 4.78 is 2.14. The van der Waals surface area contributed by atoms with Gasteiger partial charge in [0, 0.05) is 24.7 Å². The van der Waals surface area contributed by atoms with Gasteiger partial charge in [0.15, 0.2) is 0 Å². The molecule has 0 radical (unpaired) electrons. The maximum atomic E-state index is 5.71. The Balaban J connectivity index is 2.59. The lowest BCUT2D eigenvalue weighted by Gasteiger charge is -2.08. The van der Waals surface area contributed by atoms with Gasteiger partial charge in [0.2, 0.25) is 0 Å². The number of rotatable bonds is 3. The molecule has 1 heterocycles. The van der Waals surface area contributed by atoms with Gasteiger partial charge in [-0.1, -0.05) is 23.8 Å². The van der Waals surface area contributed by atoms with E-state index >= 15 is 0 Å². The molecular weight excluding hydrogens is 222 g/mol. The second-order valence-electron chi connectivity index (χ2n) is 4.87. The fourth-order valence-electron chi connectivity index (χ4n) is 2.37. The van der Waals surface area contributed by atoms with Gasteiger partial charge in [-0.2, -0.15) is 0 Å². The van der Waals surface area contributed by atoms with E-state index in [-0.39, 0.29) is 0 Å². The van der Waals surface area contributed by atoms with Crippen LogP contribution in [0.2, 0.25) is 0 Å². The van der Waals surface area contributed by atoms with Crippen molar-refractivity contribution in [1.29, 1.82) is 0 Å². The summed E-state index contributed by atoms with van der Waals surface area (Å²) in [5.41, 5.74) is 11.8. The minimum absolute atomic E-state index is 0.650. The molecule has 0 aliphatic heterocycles. The Bertz CT molecular complexity index is 567. The highest BCUT2D eigenvalue weighted by Crippen LogP contribution is 2.27. The minimum Gasteiger partial charge on any atom is -0.335 e. The first-order valence-electron chi connectivity index (χ1n) is 6.34. The highest BCUT2D eigenvalue weighted by Gasteiger charge is 2.14. The van der Waals surface area contributed by atoms with Crippen molar-refractivity contribution >= 4 is 0 Å². The van der Waals surface area contributed by atoms with E-state index in [1.54, 1.807) is 0 Å². The molecule has 0 aliphatic carbocycles. The van der Waals surface area contributed by atoms with Gasteiger partial charge in [0.05, 0.1) is 5.69 Å². The van der Waals surface area contributed by atoms with Gasteiger partial charge in [-0.05, 0) is 32.9 Å². The summed E-state index contributed by atoms with van der Waals surface area (Å²) in [5, 5.41) is 0. The second-order valence-corrected chi connectivity index (χ2v) is 4.87. The molecule has 0 amide bonds. The molecular formula is C15H21N3. The van der Waals surface area contributed by atoms with Gasteiger partial charge >= 0.3 is 0 Å². The Hall–Kier alpha value is -1.61. The maximum Gasteiger partial charge on any atom is 0.106 e. The highest BCUT2D eigenvalue weighted by molar-refractivity contribution is 5.66. The van der Waals surface area contributed by atoms with Gasteiger partial charge in [-0.3, -0.25) is 0 Å². The first-order chi connectivity index (χ1) is 8.54. The van der Waals surface area contributed by atoms with Crippen LogP contribution in [0.25, 0.3) is 11.3 Å². The molecule has 0 unspecified atom stereocenters. The molecule has 0 bridgehead atoms. The van der Waals surface area contributed by atoms with E-state index in [9.17, 15) is 0 Å². The van der Waals surface area contributed by atoms with E-state index in [1.807, 2.05) is 6.92 Å². The summed E-state index contributed by atoms with van der Waals surface area (Å²) in [5.74, 6) is 1.04. The summed E-state index contributed by atoms with van der Waals surface area (Å²) in [7, 11) is 2.06. The molecule has 0 saturated carbocycles. The molecule has 1 aromatic carbocycles. The molecule has 18 heavy (non-hydrogen) atoms. The number of benzene rings is 1. The summed E-state index contributed by atoms with van der Waals surface area (Å²) in [6.07, 6.45) is 0.861. The zero-order valence-corrected chi connectivity index (χ0v) is 11.6. The molecule has 0 spiro atoms. The number of nitrogens with zero attached hydrogens (tertiary/aromatic N) is 2. The number of hydrogen-bond acceptors (Lipinski definition) is 2. The first-order valence-corrected chi connectivity index (χ1v) is 6.34. The van der Waals surface area contributed by atoms with Crippen molar-refractivity contribution in [3.63, 3.8) is 0 Å². The van der Waals surface area contributed by atoms with Crippen molar-refractivity contribution in [2.24, 2.45) is 12.8 Å². The van der Waals surface area contributed by atoms with E-state index in [0.29, 0.717) is 6.54 Å². The summed E-state index contributed by atoms with van der Waals surface area (Å²) in [6.45, 7) is 6.93. The normalized spacial score (nSPS) is 10.9. The standard InChI is InChI=1S/C15H21N3/c1-10-5-6-13(11(2)9-10)15-14(7-8-16)18(4)12(3)17-15/h5-6,9H,7-8,16H2,1-4H3. The van der Waals surface area contributed by atoms with Gasteiger partial charge < -0.3 is 10.3 Å². The first kappa shape index (κ1) is 12.8. The Morgan fingerprint density at radius 3 is 2.56 bits per heavy atom. The van der Waals surface area contributed by atoms with Crippen molar-refractivity contribution < 1.29 is 0 Å². The molecule has 2 N–H and O–H groups in total. The topological polar surface area (TPSA) is 43.8 Å². The Kier molecular flexibility index (Phi) is 3.53. The van der Waals surface area contributed by atoms with Crippen LogP contribution in [0.1, 0.15) is 22.6 Å². The number of imidazole rings is 1. The molecule has 96 valence electrons. The lowest BCUT2D eigenvalue weighted by molar-refractivity contribution is 0.778. The van der Waals surface area contributed by atoms with Gasteiger partial charge in [0.1, 0.15) is 5.82 Å². The molecule has 0 saturated heterocycles. The maximum absolute atomic E-state index is 5.71. The van der Waals surface area contributed by atoms with Crippen LogP contribution in [0.15, 0.2) is 18.2 Å². The summed E-state index contributed by atoms with van der Waals surface area (Å²) in [4.78, 5) is 4.70. The third-order valence-corrected chi connectivity index (χ3v) is 3.46. The minimum atomic E-state index is 0.650. The Morgan fingerprint density at radius 2 is 1.94 bits per heavy atom. The van der Waals surface area contributed by atoms with Gasteiger partial charge in [0.25, 0.3) is 0 Å². The molecule has 2 aromatic rings. The van der Waals surface area contributed by atoms with Crippen molar-refractivity contribution in [3.8, 4) is 11.3 Å². The predicted octanol–water partition coefficient (Wildman–Crippen LogP) is 2.51. The van der Waals surface area contributed by atoms with Gasteiger partial charge in [-0.15, -0.1) is 0 Å². The van der Waals surface area contributed by atoms with Crippen LogP contribution in [-0.4, -0.2) is 16.1 Å². The van der Waals surface area contributed by atoms with Crippen LogP contribution >= 0.6 is 0 Å². The zero-order valence-electron chi connectivity index (χ0n) is 11.6. The molecule has 2 rings (SSSR count). The molecule has 1 aromatic heterocycles. The number of aryl methyl sites for hydroxylation is 3. The van der Waals surface area contributed by atoms with Crippen LogP contribution in [0.3, 0.4) is 0 Å². The van der Waals surface area contributed by atoms with Crippen LogP contribution in [0.5, 0.6) is 0 Å². The van der Waals surface area contributed by atoms with Crippen molar-refractivity contribution in [3.05, 3.63) is 40.8 Å². The van der Waals surface area contributed by atoms with Gasteiger partial charge in [-0.25, -0.2) is 4.98 Å². The van der Waals surface area contributed by atoms with Crippen molar-refractivity contribution in [2.75, 3.05) is 6.54 Å². The van der Waals surface area contributed by atoms with Crippen LogP contribution in [0.4, 0.5) is 0 Å². The Morgan fingerprint density at radius 1 is 1.22 bits per heavy atom. The fourth-order valence-corrected chi connectivity index (χ4v) is 2.37. The lowest BCUT2D eigenvalue weighted by Crippen LogP contribution is -2.08. The lowest BCUT2D eigenvalue weighted by atomic mass is 10.0. The van der Waals surface area contributed by atoms with Crippen LogP contribution < -0.4 is 5.73 Å². The van der Waals surface area contributed by atoms with Crippen molar-refractivity contribution in [1.82, 2.24) is 9.55 Å². The van der Waals surface area contributed by atoms with Crippen LogP contribution in [-0.2, 0) is 13.5 Å². The number of hydrogen-bond donors (Lipinski definition) is 1. The predicted molar refractivity (Wildman–Crippen MR) is 75.6 cm³/mol. The van der Waals surface area contributed by atoms with E-state index < -0.39 is 0 Å². The monoisotopic (exact) mass is 243 g/mol.